The highest BCUT2D eigenvalue weighted by molar-refractivity contribution is 9.10. The average molecular weight is 610 g/mol. The van der Waals surface area contributed by atoms with Gasteiger partial charge in [0.2, 0.25) is 0 Å². The van der Waals surface area contributed by atoms with Crippen molar-refractivity contribution < 1.29 is 0 Å². The maximum atomic E-state index is 4.01. The second-order valence-electron chi connectivity index (χ2n) is 14.6. The SMILES string of the molecule is CC(C)(C)C1=CC=C2C3=C(C=CCC13)C1(c3ccccc3-c3c(Br)cccc31)c1cc(C(C)(C)C)c3ccccc3c12. The molecule has 4 aromatic carbocycles. The van der Waals surface area contributed by atoms with E-state index in [1.54, 1.807) is 0 Å². The van der Waals surface area contributed by atoms with Crippen LogP contribution in [0.2, 0.25) is 0 Å². The summed E-state index contributed by atoms with van der Waals surface area (Å²) in [5.74, 6) is 0.374. The predicted molar refractivity (Wildman–Crippen MR) is 182 cm³/mol. The van der Waals surface area contributed by atoms with Crippen molar-refractivity contribution in [2.75, 3.05) is 0 Å². The van der Waals surface area contributed by atoms with Crippen molar-refractivity contribution in [2.24, 2.45) is 11.3 Å². The quantitative estimate of drug-likeness (QED) is 0.186. The molecule has 2 unspecified atom stereocenters. The summed E-state index contributed by atoms with van der Waals surface area (Å²) in [5.41, 5.74) is 15.4. The number of hydrogen-bond donors (Lipinski definition) is 0. The van der Waals surface area contributed by atoms with E-state index in [1.165, 1.54) is 76.5 Å². The number of fused-ring (bicyclic) bond motifs is 11. The normalized spacial score (nSPS) is 22.0. The molecule has 0 saturated carbocycles. The largest absolute Gasteiger partial charge is 0.0833 e. The lowest BCUT2D eigenvalue weighted by Crippen LogP contribution is -2.38. The minimum atomic E-state index is -0.392. The molecule has 4 aromatic rings. The summed E-state index contributed by atoms with van der Waals surface area (Å²) >= 11 is 4.01. The van der Waals surface area contributed by atoms with Gasteiger partial charge in [0, 0.05) is 16.0 Å². The van der Waals surface area contributed by atoms with Crippen LogP contribution < -0.4 is 0 Å². The Morgan fingerprint density at radius 2 is 1.43 bits per heavy atom. The molecule has 0 fully saturated rings. The summed E-state index contributed by atoms with van der Waals surface area (Å²) in [4.78, 5) is 0. The zero-order chi connectivity index (χ0) is 29.2. The van der Waals surface area contributed by atoms with Crippen LogP contribution in [0, 0.1) is 11.3 Å². The van der Waals surface area contributed by atoms with Crippen molar-refractivity contribution in [3.63, 3.8) is 0 Å². The maximum Gasteiger partial charge on any atom is 0.0723 e. The lowest BCUT2D eigenvalue weighted by Gasteiger charge is -2.48. The summed E-state index contributed by atoms with van der Waals surface area (Å²) in [7, 11) is 0. The highest BCUT2D eigenvalue weighted by Crippen LogP contribution is 2.66. The van der Waals surface area contributed by atoms with Crippen LogP contribution >= 0.6 is 15.9 Å². The van der Waals surface area contributed by atoms with Gasteiger partial charge in [0.25, 0.3) is 0 Å². The number of allylic oxidation sites excluding steroid dienone is 8. The highest BCUT2D eigenvalue weighted by atomic mass is 79.9. The Labute approximate surface area is 258 Å². The van der Waals surface area contributed by atoms with Gasteiger partial charge in [-0.3, -0.25) is 0 Å². The molecule has 42 heavy (non-hydrogen) atoms. The van der Waals surface area contributed by atoms with Crippen LogP contribution in [-0.4, -0.2) is 0 Å². The fourth-order valence-electron chi connectivity index (χ4n) is 8.62. The third-order valence-electron chi connectivity index (χ3n) is 10.2. The Balaban J connectivity index is 1.65. The van der Waals surface area contributed by atoms with Crippen LogP contribution in [0.15, 0.2) is 118 Å². The summed E-state index contributed by atoms with van der Waals surface area (Å²) in [5, 5.41) is 2.75. The first-order chi connectivity index (χ1) is 20.0. The smallest absolute Gasteiger partial charge is 0.0723 e. The van der Waals surface area contributed by atoms with Crippen molar-refractivity contribution in [2.45, 2.75) is 58.8 Å². The van der Waals surface area contributed by atoms with Crippen molar-refractivity contribution >= 4 is 32.3 Å². The second kappa shape index (κ2) is 8.57. The molecule has 0 amide bonds. The third kappa shape index (κ3) is 3.24. The Morgan fingerprint density at radius 1 is 0.714 bits per heavy atom. The predicted octanol–water partition coefficient (Wildman–Crippen LogP) is 11.5. The molecule has 2 atom stereocenters. The van der Waals surface area contributed by atoms with Gasteiger partial charge in [-0.1, -0.05) is 154 Å². The van der Waals surface area contributed by atoms with Crippen LogP contribution in [-0.2, 0) is 10.8 Å². The maximum absolute atomic E-state index is 4.01. The van der Waals surface area contributed by atoms with Crippen LogP contribution in [0.5, 0.6) is 0 Å². The molecule has 0 radical (unpaired) electrons. The fraction of sp³-hybridized carbons (Fsp3) is 0.268. The van der Waals surface area contributed by atoms with Gasteiger partial charge in [0.1, 0.15) is 0 Å². The van der Waals surface area contributed by atoms with Gasteiger partial charge in [-0.15, -0.1) is 0 Å². The topological polar surface area (TPSA) is 0 Å². The average Bonchev–Trinajstić information content (AvgIpc) is 3.26. The van der Waals surface area contributed by atoms with Gasteiger partial charge < -0.3 is 0 Å². The molecule has 4 aliphatic rings. The van der Waals surface area contributed by atoms with E-state index in [0.29, 0.717) is 5.92 Å². The van der Waals surface area contributed by atoms with Gasteiger partial charge >= 0.3 is 0 Å². The van der Waals surface area contributed by atoms with Gasteiger partial charge in [-0.2, -0.15) is 0 Å². The molecule has 0 heterocycles. The molecular weight excluding hydrogens is 572 g/mol. The second-order valence-corrected chi connectivity index (χ2v) is 15.4. The highest BCUT2D eigenvalue weighted by Gasteiger charge is 2.54. The Morgan fingerprint density at radius 3 is 2.19 bits per heavy atom. The van der Waals surface area contributed by atoms with Crippen LogP contribution in [0.3, 0.4) is 0 Å². The first-order valence-corrected chi connectivity index (χ1v) is 16.1. The Hall–Kier alpha value is -3.42. The molecule has 208 valence electrons. The molecule has 0 N–H and O–H groups in total. The standard InChI is InChI=1S/C41H37Br/c1-39(2,3)29-22-21-28-36-25-14-8-7-13-24(25)33(40(4,5)6)23-34(36)41(31-18-11-16-26(29)37(28)31)30-17-10-9-15-27(30)38-32(41)19-12-20-35(38)42/h7-15,17-23,26H,16H2,1-6H3. The van der Waals surface area contributed by atoms with Crippen molar-refractivity contribution in [3.05, 3.63) is 146 Å². The third-order valence-corrected chi connectivity index (χ3v) is 10.9. The Bertz CT molecular complexity index is 1980. The monoisotopic (exact) mass is 608 g/mol. The summed E-state index contributed by atoms with van der Waals surface area (Å²) in [6, 6.07) is 27.8. The van der Waals surface area contributed by atoms with Gasteiger partial charge in [0.05, 0.1) is 5.41 Å². The van der Waals surface area contributed by atoms with Gasteiger partial charge in [-0.05, 0) is 84.2 Å². The molecule has 1 spiro atoms. The van der Waals surface area contributed by atoms with E-state index >= 15 is 0 Å². The molecule has 0 nitrogen and oxygen atoms in total. The molecule has 0 bridgehead atoms. The number of halogens is 1. The molecule has 4 aliphatic carbocycles. The molecule has 8 rings (SSSR count). The van der Waals surface area contributed by atoms with Gasteiger partial charge in [0.15, 0.2) is 0 Å². The van der Waals surface area contributed by atoms with E-state index in [9.17, 15) is 0 Å². The number of benzene rings is 4. The van der Waals surface area contributed by atoms with Crippen molar-refractivity contribution in [1.82, 2.24) is 0 Å². The Kier molecular flexibility index (Phi) is 5.35. The van der Waals surface area contributed by atoms with E-state index in [1.807, 2.05) is 0 Å². The number of rotatable bonds is 0. The summed E-state index contributed by atoms with van der Waals surface area (Å²) in [6.45, 7) is 14.2. The van der Waals surface area contributed by atoms with Crippen LogP contribution in [0.4, 0.5) is 0 Å². The summed E-state index contributed by atoms with van der Waals surface area (Å²) in [6.07, 6.45) is 10.9. The van der Waals surface area contributed by atoms with Crippen LogP contribution in [0.1, 0.15) is 75.8 Å². The van der Waals surface area contributed by atoms with E-state index in [-0.39, 0.29) is 10.8 Å². The molecule has 1 heteroatoms. The molecule has 0 aliphatic heterocycles. The lowest BCUT2D eigenvalue weighted by molar-refractivity contribution is 0.442. The number of hydrogen-bond acceptors (Lipinski definition) is 0. The minimum Gasteiger partial charge on any atom is -0.0833 e. The molecular formula is C41H37Br. The van der Waals surface area contributed by atoms with E-state index in [0.717, 1.165) is 6.42 Å². The lowest BCUT2D eigenvalue weighted by atomic mass is 9.54. The fourth-order valence-corrected chi connectivity index (χ4v) is 9.20. The van der Waals surface area contributed by atoms with E-state index < -0.39 is 5.41 Å². The first-order valence-electron chi connectivity index (χ1n) is 15.3. The van der Waals surface area contributed by atoms with E-state index in [4.69, 9.17) is 0 Å². The minimum absolute atomic E-state index is 0.00605. The molecule has 0 aromatic heterocycles. The van der Waals surface area contributed by atoms with Crippen molar-refractivity contribution in [3.8, 4) is 11.1 Å². The van der Waals surface area contributed by atoms with Gasteiger partial charge in [-0.25, -0.2) is 0 Å². The zero-order valence-electron chi connectivity index (χ0n) is 25.4. The zero-order valence-corrected chi connectivity index (χ0v) is 27.0. The van der Waals surface area contributed by atoms with Crippen LogP contribution in [0.25, 0.3) is 27.5 Å². The van der Waals surface area contributed by atoms with Crippen molar-refractivity contribution in [1.29, 1.82) is 0 Å². The van der Waals surface area contributed by atoms with E-state index in [2.05, 4.69) is 155 Å². The molecule has 0 saturated heterocycles. The first kappa shape index (κ1) is 26.2. The summed E-state index contributed by atoms with van der Waals surface area (Å²) < 4.78 is 1.17.